The third-order valence-corrected chi connectivity index (χ3v) is 4.91. The SMILES string of the molecule is O=C(CNc1cccc(OCCc2ccccc2)c1)Nc1ccc(Oc2ccccc2)cc1. The Kier molecular flexibility index (Phi) is 7.58. The first-order valence-corrected chi connectivity index (χ1v) is 10.9. The number of hydrogen-bond acceptors (Lipinski definition) is 4. The predicted molar refractivity (Wildman–Crippen MR) is 132 cm³/mol. The minimum atomic E-state index is -0.137. The third-order valence-electron chi connectivity index (χ3n) is 4.91. The molecule has 2 N–H and O–H groups in total. The highest BCUT2D eigenvalue weighted by Gasteiger charge is 2.04. The number of carbonyl (C=O) groups is 1. The second-order valence-corrected chi connectivity index (χ2v) is 7.45. The van der Waals surface area contributed by atoms with Gasteiger partial charge >= 0.3 is 0 Å². The molecular weight excluding hydrogens is 412 g/mol. The summed E-state index contributed by atoms with van der Waals surface area (Å²) in [6.45, 7) is 0.744. The van der Waals surface area contributed by atoms with Crippen LogP contribution in [-0.4, -0.2) is 19.1 Å². The predicted octanol–water partition coefficient (Wildman–Crippen LogP) is 6.15. The molecule has 5 nitrogen and oxygen atoms in total. The molecule has 0 atom stereocenters. The van der Waals surface area contributed by atoms with Crippen LogP contribution in [0.25, 0.3) is 0 Å². The zero-order valence-corrected chi connectivity index (χ0v) is 18.2. The number of para-hydroxylation sites is 1. The number of anilines is 2. The van der Waals surface area contributed by atoms with E-state index in [4.69, 9.17) is 9.47 Å². The Morgan fingerprint density at radius 3 is 2.09 bits per heavy atom. The van der Waals surface area contributed by atoms with E-state index in [1.54, 1.807) is 0 Å². The zero-order chi connectivity index (χ0) is 22.7. The average molecular weight is 439 g/mol. The van der Waals surface area contributed by atoms with Crippen molar-refractivity contribution in [2.75, 3.05) is 23.8 Å². The second-order valence-electron chi connectivity index (χ2n) is 7.45. The van der Waals surface area contributed by atoms with E-state index in [9.17, 15) is 4.79 Å². The topological polar surface area (TPSA) is 59.6 Å². The smallest absolute Gasteiger partial charge is 0.243 e. The highest BCUT2D eigenvalue weighted by atomic mass is 16.5. The molecule has 0 spiro atoms. The van der Waals surface area contributed by atoms with E-state index in [1.807, 2.05) is 97.1 Å². The highest BCUT2D eigenvalue weighted by Crippen LogP contribution is 2.23. The second kappa shape index (κ2) is 11.4. The van der Waals surface area contributed by atoms with Gasteiger partial charge in [0.15, 0.2) is 0 Å². The van der Waals surface area contributed by atoms with Crippen LogP contribution in [0, 0.1) is 0 Å². The molecule has 1 amide bonds. The molecule has 0 aliphatic heterocycles. The number of rotatable bonds is 10. The van der Waals surface area contributed by atoms with Gasteiger partial charge in [-0.25, -0.2) is 0 Å². The molecule has 0 aromatic heterocycles. The van der Waals surface area contributed by atoms with Crippen molar-refractivity contribution in [2.24, 2.45) is 0 Å². The Bertz CT molecular complexity index is 1150. The Hall–Kier alpha value is -4.25. The van der Waals surface area contributed by atoms with Gasteiger partial charge < -0.3 is 20.1 Å². The average Bonchev–Trinajstić information content (AvgIpc) is 2.86. The van der Waals surface area contributed by atoms with E-state index in [0.29, 0.717) is 18.0 Å². The highest BCUT2D eigenvalue weighted by molar-refractivity contribution is 5.93. The van der Waals surface area contributed by atoms with Crippen molar-refractivity contribution in [3.8, 4) is 17.2 Å². The number of benzene rings is 4. The molecule has 166 valence electrons. The minimum absolute atomic E-state index is 0.137. The molecule has 5 heteroatoms. The van der Waals surface area contributed by atoms with Crippen molar-refractivity contribution in [1.29, 1.82) is 0 Å². The summed E-state index contributed by atoms with van der Waals surface area (Å²) in [6.07, 6.45) is 0.843. The quantitative estimate of drug-likeness (QED) is 0.312. The monoisotopic (exact) mass is 438 g/mol. The molecule has 0 saturated carbocycles. The summed E-state index contributed by atoms with van der Waals surface area (Å²) in [5, 5.41) is 6.02. The van der Waals surface area contributed by atoms with Gasteiger partial charge in [0.2, 0.25) is 5.91 Å². The maximum Gasteiger partial charge on any atom is 0.243 e. The van der Waals surface area contributed by atoms with Crippen molar-refractivity contribution >= 4 is 17.3 Å². The molecule has 0 unspecified atom stereocenters. The summed E-state index contributed by atoms with van der Waals surface area (Å²) in [7, 11) is 0. The van der Waals surface area contributed by atoms with Crippen molar-refractivity contribution in [2.45, 2.75) is 6.42 Å². The van der Waals surface area contributed by atoms with Gasteiger partial charge in [-0.15, -0.1) is 0 Å². The van der Waals surface area contributed by atoms with E-state index < -0.39 is 0 Å². The molecule has 4 rings (SSSR count). The Morgan fingerprint density at radius 1 is 0.667 bits per heavy atom. The van der Waals surface area contributed by atoms with Gasteiger partial charge in [-0.3, -0.25) is 4.79 Å². The van der Waals surface area contributed by atoms with Gasteiger partial charge in [0, 0.05) is 23.9 Å². The summed E-state index contributed by atoms with van der Waals surface area (Å²) >= 11 is 0. The lowest BCUT2D eigenvalue weighted by atomic mass is 10.2. The Balaban J connectivity index is 1.22. The fraction of sp³-hybridized carbons (Fsp3) is 0.107. The minimum Gasteiger partial charge on any atom is -0.493 e. The first-order chi connectivity index (χ1) is 16.2. The molecule has 0 saturated heterocycles. The van der Waals surface area contributed by atoms with E-state index in [1.165, 1.54) is 5.56 Å². The van der Waals surface area contributed by atoms with Gasteiger partial charge in [0.25, 0.3) is 0 Å². The largest absolute Gasteiger partial charge is 0.493 e. The lowest BCUT2D eigenvalue weighted by Gasteiger charge is -2.11. The summed E-state index contributed by atoms with van der Waals surface area (Å²) in [5.41, 5.74) is 2.78. The van der Waals surface area contributed by atoms with Crippen LogP contribution in [-0.2, 0) is 11.2 Å². The first-order valence-electron chi connectivity index (χ1n) is 10.9. The number of hydrogen-bond donors (Lipinski definition) is 2. The molecule has 0 aliphatic rings. The lowest BCUT2D eigenvalue weighted by Crippen LogP contribution is -2.21. The van der Waals surface area contributed by atoms with Gasteiger partial charge in [0.1, 0.15) is 17.2 Å². The Morgan fingerprint density at radius 2 is 1.33 bits per heavy atom. The van der Waals surface area contributed by atoms with Crippen LogP contribution in [0.4, 0.5) is 11.4 Å². The van der Waals surface area contributed by atoms with E-state index >= 15 is 0 Å². The third kappa shape index (κ3) is 7.14. The van der Waals surface area contributed by atoms with Gasteiger partial charge in [-0.05, 0) is 54.1 Å². The van der Waals surface area contributed by atoms with Crippen LogP contribution in [0.15, 0.2) is 109 Å². The van der Waals surface area contributed by atoms with Crippen molar-refractivity contribution in [1.82, 2.24) is 0 Å². The normalized spacial score (nSPS) is 10.3. The van der Waals surface area contributed by atoms with Crippen LogP contribution >= 0.6 is 0 Å². The number of carbonyl (C=O) groups excluding carboxylic acids is 1. The van der Waals surface area contributed by atoms with E-state index in [0.717, 1.165) is 23.6 Å². The molecule has 4 aromatic rings. The van der Waals surface area contributed by atoms with Gasteiger partial charge in [-0.1, -0.05) is 54.6 Å². The summed E-state index contributed by atoms with van der Waals surface area (Å²) < 4.78 is 11.6. The molecule has 4 aromatic carbocycles. The lowest BCUT2D eigenvalue weighted by molar-refractivity contribution is -0.114. The Labute approximate surface area is 194 Å². The molecule has 33 heavy (non-hydrogen) atoms. The van der Waals surface area contributed by atoms with E-state index in [-0.39, 0.29) is 12.5 Å². The zero-order valence-electron chi connectivity index (χ0n) is 18.2. The van der Waals surface area contributed by atoms with Crippen molar-refractivity contribution < 1.29 is 14.3 Å². The summed E-state index contributed by atoms with van der Waals surface area (Å²) in [4.78, 5) is 12.3. The number of ether oxygens (including phenoxy) is 2. The van der Waals surface area contributed by atoms with Crippen molar-refractivity contribution in [3.63, 3.8) is 0 Å². The molecule has 0 radical (unpaired) electrons. The summed E-state index contributed by atoms with van der Waals surface area (Å²) in [5.74, 6) is 2.11. The number of amides is 1. The summed E-state index contributed by atoms with van der Waals surface area (Å²) in [6, 6.07) is 34.7. The van der Waals surface area contributed by atoms with Crippen LogP contribution in [0.2, 0.25) is 0 Å². The standard InChI is InChI=1S/C28H26N2O3/c31-28(30-23-14-16-26(17-15-23)33-25-11-5-2-6-12-25)21-29-24-10-7-13-27(20-24)32-19-18-22-8-3-1-4-9-22/h1-17,20,29H,18-19,21H2,(H,30,31). The fourth-order valence-electron chi connectivity index (χ4n) is 3.25. The van der Waals surface area contributed by atoms with Gasteiger partial charge in [-0.2, -0.15) is 0 Å². The maximum absolute atomic E-state index is 12.3. The number of nitrogens with one attached hydrogen (secondary N) is 2. The van der Waals surface area contributed by atoms with Gasteiger partial charge in [0.05, 0.1) is 13.2 Å². The molecular formula is C28H26N2O3. The molecule has 0 bridgehead atoms. The van der Waals surface area contributed by atoms with Crippen molar-refractivity contribution in [3.05, 3.63) is 115 Å². The first kappa shape index (κ1) is 22.0. The van der Waals surface area contributed by atoms with Crippen LogP contribution in [0.3, 0.4) is 0 Å². The fourth-order valence-corrected chi connectivity index (χ4v) is 3.25. The maximum atomic E-state index is 12.3. The molecule has 0 heterocycles. The van der Waals surface area contributed by atoms with Crippen LogP contribution in [0.5, 0.6) is 17.2 Å². The van der Waals surface area contributed by atoms with Crippen LogP contribution < -0.4 is 20.1 Å². The van der Waals surface area contributed by atoms with E-state index in [2.05, 4.69) is 22.8 Å². The molecule has 0 aliphatic carbocycles. The van der Waals surface area contributed by atoms with Crippen LogP contribution in [0.1, 0.15) is 5.56 Å². The molecule has 0 fully saturated rings.